The molecule has 0 bridgehead atoms. The zero-order valence-electron chi connectivity index (χ0n) is 30.2. The predicted octanol–water partition coefficient (Wildman–Crippen LogP) is 13.2. The second kappa shape index (κ2) is 12.8. The van der Waals surface area contributed by atoms with Crippen molar-refractivity contribution in [2.75, 3.05) is 0 Å². The first-order valence-electron chi connectivity index (χ1n) is 19.0. The van der Waals surface area contributed by atoms with E-state index in [1.807, 2.05) is 12.1 Å². The Morgan fingerprint density at radius 2 is 0.982 bits per heavy atom. The fourth-order valence-electron chi connectivity index (χ4n) is 8.59. The van der Waals surface area contributed by atoms with Gasteiger partial charge in [-0.15, -0.1) is 0 Å². The zero-order valence-corrected chi connectivity index (χ0v) is 30.2. The van der Waals surface area contributed by atoms with E-state index < -0.39 is 0 Å². The minimum Gasteiger partial charge on any atom is -0.309 e. The third-order valence-corrected chi connectivity index (χ3v) is 11.3. The number of hydrogen-bond acceptors (Lipinski definition) is 2. The number of hydrogen-bond donors (Lipinski definition) is 0. The summed E-state index contributed by atoms with van der Waals surface area (Å²) in [5, 5.41) is 5.02. The lowest BCUT2D eigenvalue weighted by Gasteiger charge is -2.20. The third-order valence-electron chi connectivity index (χ3n) is 11.3. The van der Waals surface area contributed by atoms with Crippen LogP contribution in [0.4, 0.5) is 0 Å². The third kappa shape index (κ3) is 5.35. The maximum atomic E-state index is 5.08. The summed E-state index contributed by atoms with van der Waals surface area (Å²) in [6.07, 6.45) is 2.20. The molecule has 1 aliphatic carbocycles. The number of aromatic nitrogens is 3. The fraction of sp³-hybridized carbons (Fsp3) is 0.0385. The SMILES string of the molecule is c1ccc(-c2cc(-c3ccccc3)nc(-c3ccc(-n4c5ccccc5c5c6cc(-c7ccc8c(c7)-c7ccccc7CC8)ccc6ccc54)cc3)n2)cc1. The average molecular weight is 702 g/mol. The lowest BCUT2D eigenvalue weighted by atomic mass is 9.84. The highest BCUT2D eigenvalue weighted by Gasteiger charge is 2.19. The van der Waals surface area contributed by atoms with Crippen LogP contribution in [0.3, 0.4) is 0 Å². The van der Waals surface area contributed by atoms with E-state index in [2.05, 4.69) is 180 Å². The molecule has 0 saturated heterocycles. The average Bonchev–Trinajstić information content (AvgIpc) is 3.61. The van der Waals surface area contributed by atoms with E-state index in [1.165, 1.54) is 66.0 Å². The first-order chi connectivity index (χ1) is 27.2. The number of para-hydroxylation sites is 1. The summed E-state index contributed by atoms with van der Waals surface area (Å²) >= 11 is 0. The van der Waals surface area contributed by atoms with Crippen LogP contribution in [0, 0.1) is 0 Å². The molecule has 3 heteroatoms. The van der Waals surface area contributed by atoms with E-state index in [4.69, 9.17) is 9.97 Å². The molecule has 3 nitrogen and oxygen atoms in total. The maximum Gasteiger partial charge on any atom is 0.160 e. The molecular weight excluding hydrogens is 667 g/mol. The van der Waals surface area contributed by atoms with Crippen molar-refractivity contribution >= 4 is 32.6 Å². The number of fused-ring (bicyclic) bond motifs is 8. The minimum atomic E-state index is 0.707. The van der Waals surface area contributed by atoms with Crippen molar-refractivity contribution in [3.05, 3.63) is 199 Å². The van der Waals surface area contributed by atoms with Gasteiger partial charge in [-0.3, -0.25) is 0 Å². The van der Waals surface area contributed by atoms with E-state index in [0.29, 0.717) is 5.82 Å². The largest absolute Gasteiger partial charge is 0.309 e. The van der Waals surface area contributed by atoms with Crippen LogP contribution in [0.5, 0.6) is 0 Å². The van der Waals surface area contributed by atoms with E-state index in [9.17, 15) is 0 Å². The maximum absolute atomic E-state index is 5.08. The highest BCUT2D eigenvalue weighted by Crippen LogP contribution is 2.41. The molecule has 2 aromatic heterocycles. The first kappa shape index (κ1) is 31.4. The van der Waals surface area contributed by atoms with Gasteiger partial charge in [-0.25, -0.2) is 9.97 Å². The Hall–Kier alpha value is -7.10. The zero-order chi connectivity index (χ0) is 36.3. The van der Waals surface area contributed by atoms with Gasteiger partial charge in [0.2, 0.25) is 0 Å². The number of nitrogens with zero attached hydrogens (tertiary/aromatic N) is 3. The Labute approximate surface area is 319 Å². The van der Waals surface area contributed by atoms with Crippen LogP contribution in [0.1, 0.15) is 11.1 Å². The highest BCUT2D eigenvalue weighted by atomic mass is 15.0. The molecule has 8 aromatic carbocycles. The van der Waals surface area contributed by atoms with Gasteiger partial charge in [-0.05, 0) is 112 Å². The highest BCUT2D eigenvalue weighted by molar-refractivity contribution is 6.21. The number of benzene rings is 8. The van der Waals surface area contributed by atoms with Crippen LogP contribution < -0.4 is 0 Å². The van der Waals surface area contributed by atoms with Crippen molar-refractivity contribution in [2.24, 2.45) is 0 Å². The Bertz CT molecular complexity index is 3010. The van der Waals surface area contributed by atoms with Crippen LogP contribution in [-0.2, 0) is 12.8 Å². The van der Waals surface area contributed by atoms with E-state index >= 15 is 0 Å². The molecule has 10 aromatic rings. The van der Waals surface area contributed by atoms with E-state index in [0.717, 1.165) is 46.6 Å². The van der Waals surface area contributed by atoms with Gasteiger partial charge in [0.1, 0.15) is 0 Å². The van der Waals surface area contributed by atoms with Crippen LogP contribution >= 0.6 is 0 Å². The van der Waals surface area contributed by atoms with Crippen LogP contribution in [-0.4, -0.2) is 14.5 Å². The smallest absolute Gasteiger partial charge is 0.160 e. The summed E-state index contributed by atoms with van der Waals surface area (Å²) in [6.45, 7) is 0. The van der Waals surface area contributed by atoms with E-state index in [-0.39, 0.29) is 0 Å². The van der Waals surface area contributed by atoms with Gasteiger partial charge < -0.3 is 4.57 Å². The van der Waals surface area contributed by atoms with Crippen molar-refractivity contribution in [1.29, 1.82) is 0 Å². The van der Waals surface area contributed by atoms with Crippen molar-refractivity contribution < 1.29 is 0 Å². The molecule has 11 rings (SSSR count). The molecule has 0 radical (unpaired) electrons. The molecule has 0 saturated carbocycles. The molecule has 0 aliphatic heterocycles. The Morgan fingerprint density at radius 1 is 0.382 bits per heavy atom. The monoisotopic (exact) mass is 701 g/mol. The van der Waals surface area contributed by atoms with Crippen LogP contribution in [0.2, 0.25) is 0 Å². The van der Waals surface area contributed by atoms with E-state index in [1.54, 1.807) is 0 Å². The predicted molar refractivity (Wildman–Crippen MR) is 228 cm³/mol. The Balaban J connectivity index is 1.03. The van der Waals surface area contributed by atoms with Crippen molar-refractivity contribution in [3.63, 3.8) is 0 Å². The number of rotatable bonds is 5. The summed E-state index contributed by atoms with van der Waals surface area (Å²) in [7, 11) is 0. The fourth-order valence-corrected chi connectivity index (χ4v) is 8.59. The van der Waals surface area contributed by atoms with Gasteiger partial charge in [-0.1, -0.05) is 133 Å². The second-order valence-electron chi connectivity index (χ2n) is 14.5. The standard InChI is InChI=1S/C52H35N3/c1-3-12-37(13-4-1)47-33-48(38-14-5-2-6-15-38)54-52(53-47)39-25-28-42(29-26-39)55-49-18-10-9-17-44(49)51-46-32-41(24-22-36(46)27-30-50(51)55)40-23-21-35-20-19-34-11-7-8-16-43(34)45(35)31-40/h1-18,21-33H,19-20H2. The van der Waals surface area contributed by atoms with Crippen LogP contribution in [0.15, 0.2) is 188 Å². The van der Waals surface area contributed by atoms with Gasteiger partial charge in [-0.2, -0.15) is 0 Å². The lowest BCUT2D eigenvalue weighted by molar-refractivity contribution is 0.942. The molecule has 55 heavy (non-hydrogen) atoms. The summed E-state index contributed by atoms with van der Waals surface area (Å²) in [5.41, 5.74) is 16.5. The number of aryl methyl sites for hydroxylation is 2. The Kier molecular flexibility index (Phi) is 7.31. The summed E-state index contributed by atoms with van der Waals surface area (Å²) in [5.74, 6) is 0.707. The van der Waals surface area contributed by atoms with Gasteiger partial charge >= 0.3 is 0 Å². The minimum absolute atomic E-state index is 0.707. The quantitative estimate of drug-likeness (QED) is 0.179. The normalized spacial score (nSPS) is 12.2. The summed E-state index contributed by atoms with van der Waals surface area (Å²) in [4.78, 5) is 10.2. The summed E-state index contributed by atoms with van der Waals surface area (Å²) < 4.78 is 2.40. The molecule has 1 aliphatic rings. The van der Waals surface area contributed by atoms with Gasteiger partial charge in [0, 0.05) is 33.2 Å². The summed E-state index contributed by atoms with van der Waals surface area (Å²) in [6, 6.07) is 67.7. The molecule has 2 heterocycles. The topological polar surface area (TPSA) is 30.7 Å². The molecule has 0 amide bonds. The Morgan fingerprint density at radius 3 is 1.75 bits per heavy atom. The molecule has 258 valence electrons. The first-order valence-corrected chi connectivity index (χ1v) is 19.0. The molecule has 0 spiro atoms. The molecule has 0 fully saturated rings. The van der Waals surface area contributed by atoms with Gasteiger partial charge in [0.25, 0.3) is 0 Å². The second-order valence-corrected chi connectivity index (χ2v) is 14.5. The molecule has 0 N–H and O–H groups in total. The van der Waals surface area contributed by atoms with Crippen molar-refractivity contribution in [3.8, 4) is 61.8 Å². The van der Waals surface area contributed by atoms with Gasteiger partial charge in [0.15, 0.2) is 5.82 Å². The molecular formula is C52H35N3. The van der Waals surface area contributed by atoms with Crippen molar-refractivity contribution in [1.82, 2.24) is 14.5 Å². The van der Waals surface area contributed by atoms with Gasteiger partial charge in [0.05, 0.1) is 22.4 Å². The van der Waals surface area contributed by atoms with Crippen molar-refractivity contribution in [2.45, 2.75) is 12.8 Å². The molecule has 0 atom stereocenters. The molecule has 0 unspecified atom stereocenters. The van der Waals surface area contributed by atoms with Crippen LogP contribution in [0.25, 0.3) is 94.4 Å². The lowest BCUT2D eigenvalue weighted by Crippen LogP contribution is -2.03.